The van der Waals surface area contributed by atoms with E-state index in [1.165, 1.54) is 12.1 Å². The minimum Gasteiger partial charge on any atom is -0.394 e. The minimum absolute atomic E-state index is 0.137. The summed E-state index contributed by atoms with van der Waals surface area (Å²) in [7, 11) is 0. The molecule has 0 aliphatic carbocycles. The van der Waals surface area contributed by atoms with Crippen molar-refractivity contribution in [1.82, 2.24) is 0 Å². The van der Waals surface area contributed by atoms with Crippen LogP contribution >= 0.6 is 0 Å². The average molecular weight is 303 g/mol. The first-order valence-corrected chi connectivity index (χ1v) is 6.06. The van der Waals surface area contributed by atoms with Crippen LogP contribution in [0.2, 0.25) is 0 Å². The predicted molar refractivity (Wildman–Crippen MR) is 69.1 cm³/mol. The maximum Gasteiger partial charge on any atom is 0.269 e. The monoisotopic (exact) mass is 303 g/mol. The van der Waals surface area contributed by atoms with Gasteiger partial charge in [-0.05, 0) is 0 Å². The quantitative estimate of drug-likeness (QED) is 0.322. The number of ether oxygens (including phenoxy) is 1. The zero-order valence-corrected chi connectivity index (χ0v) is 10.9. The van der Waals surface area contributed by atoms with Gasteiger partial charge in [0.1, 0.15) is 24.4 Å². The topological polar surface area (TPSA) is 154 Å². The van der Waals surface area contributed by atoms with Gasteiger partial charge in [-0.15, -0.1) is 0 Å². The lowest BCUT2D eigenvalue weighted by molar-refractivity contribution is -0.384. The number of nitrogens with zero attached hydrogens (tertiary/aromatic N) is 1. The Hall–Kier alpha value is -1.62. The third-order valence-electron chi connectivity index (χ3n) is 2.83. The standard InChI is InChI=1S/C6H5NO2.C6H12O6/c8-7(9)6-4-2-1-3-5-6;7-1-2-3(8)4(9)5(10)6(11)12-2/h1-5H;2-11H,1H2/t;2-,3-,4+,5+,6-/m.1/s1. The molecule has 5 atom stereocenters. The summed E-state index contributed by atoms with van der Waals surface area (Å²) in [6.45, 7) is -0.526. The fraction of sp³-hybridized carbons (Fsp3) is 0.500. The van der Waals surface area contributed by atoms with Crippen LogP contribution in [0.25, 0.3) is 0 Å². The van der Waals surface area contributed by atoms with Crippen molar-refractivity contribution in [2.24, 2.45) is 0 Å². The van der Waals surface area contributed by atoms with Crippen molar-refractivity contribution in [3.05, 3.63) is 40.4 Å². The Bertz CT molecular complexity index is 437. The summed E-state index contributed by atoms with van der Waals surface area (Å²) in [6.07, 6.45) is -7.04. The Morgan fingerprint density at radius 2 is 1.62 bits per heavy atom. The number of aliphatic hydroxyl groups excluding tert-OH is 5. The van der Waals surface area contributed by atoms with Crippen molar-refractivity contribution in [3.63, 3.8) is 0 Å². The Kier molecular flexibility index (Phi) is 6.62. The summed E-state index contributed by atoms with van der Waals surface area (Å²) in [5.74, 6) is 0. The highest BCUT2D eigenvalue weighted by molar-refractivity contribution is 5.27. The summed E-state index contributed by atoms with van der Waals surface area (Å²) in [4.78, 5) is 9.59. The molecule has 1 heterocycles. The van der Waals surface area contributed by atoms with E-state index in [0.717, 1.165) is 0 Å². The van der Waals surface area contributed by atoms with Crippen molar-refractivity contribution in [2.45, 2.75) is 30.7 Å². The molecule has 0 radical (unpaired) electrons. The molecule has 1 fully saturated rings. The van der Waals surface area contributed by atoms with E-state index in [-0.39, 0.29) is 5.69 Å². The molecular weight excluding hydrogens is 286 g/mol. The van der Waals surface area contributed by atoms with Crippen LogP contribution < -0.4 is 0 Å². The van der Waals surface area contributed by atoms with Gasteiger partial charge in [-0.25, -0.2) is 0 Å². The number of non-ortho nitro benzene ring substituents is 1. The summed E-state index contributed by atoms with van der Waals surface area (Å²) in [5, 5.41) is 54.7. The number of nitro benzene ring substituents is 1. The smallest absolute Gasteiger partial charge is 0.269 e. The summed E-state index contributed by atoms with van der Waals surface area (Å²) in [5.41, 5.74) is 0.137. The highest BCUT2D eigenvalue weighted by Gasteiger charge is 2.42. The minimum atomic E-state index is -1.57. The van der Waals surface area contributed by atoms with Gasteiger partial charge in [0.05, 0.1) is 11.5 Å². The summed E-state index contributed by atoms with van der Waals surface area (Å²) in [6, 6.07) is 7.93. The molecule has 1 aliphatic heterocycles. The van der Waals surface area contributed by atoms with Crippen LogP contribution in [0.5, 0.6) is 0 Å². The fourth-order valence-corrected chi connectivity index (χ4v) is 1.63. The molecule has 9 heteroatoms. The Balaban J connectivity index is 0.000000219. The van der Waals surface area contributed by atoms with E-state index < -0.39 is 42.2 Å². The Morgan fingerprint density at radius 1 is 1.05 bits per heavy atom. The van der Waals surface area contributed by atoms with Crippen LogP contribution in [-0.4, -0.2) is 67.8 Å². The lowest BCUT2D eigenvalue weighted by Gasteiger charge is -2.37. The average Bonchev–Trinajstić information content (AvgIpc) is 2.50. The van der Waals surface area contributed by atoms with Crippen LogP contribution in [-0.2, 0) is 4.74 Å². The number of nitro groups is 1. The molecule has 1 aliphatic rings. The summed E-state index contributed by atoms with van der Waals surface area (Å²) >= 11 is 0. The van der Waals surface area contributed by atoms with Crippen LogP contribution in [0.3, 0.4) is 0 Å². The molecule has 1 saturated heterocycles. The number of hydrogen-bond donors (Lipinski definition) is 5. The van der Waals surface area contributed by atoms with Gasteiger partial charge in [0.15, 0.2) is 6.29 Å². The predicted octanol–water partition coefficient (Wildman–Crippen LogP) is -1.63. The number of benzene rings is 1. The Morgan fingerprint density at radius 3 is 2.05 bits per heavy atom. The van der Waals surface area contributed by atoms with Crippen LogP contribution in [0, 0.1) is 10.1 Å². The third kappa shape index (κ3) is 4.70. The molecule has 5 N–H and O–H groups in total. The molecule has 0 amide bonds. The van der Waals surface area contributed by atoms with E-state index in [0.29, 0.717) is 0 Å². The van der Waals surface area contributed by atoms with E-state index in [1.807, 2.05) is 0 Å². The molecule has 0 unspecified atom stereocenters. The van der Waals surface area contributed by atoms with Gasteiger partial charge in [0, 0.05) is 12.1 Å². The van der Waals surface area contributed by atoms with Gasteiger partial charge in [0.2, 0.25) is 0 Å². The van der Waals surface area contributed by atoms with Gasteiger partial charge >= 0.3 is 0 Å². The first kappa shape index (κ1) is 17.4. The molecule has 9 nitrogen and oxygen atoms in total. The van der Waals surface area contributed by atoms with Gasteiger partial charge in [-0.2, -0.15) is 0 Å². The third-order valence-corrected chi connectivity index (χ3v) is 2.83. The second-order valence-electron chi connectivity index (χ2n) is 4.31. The molecule has 0 spiro atoms. The molecule has 2 rings (SSSR count). The number of hydrogen-bond acceptors (Lipinski definition) is 8. The first-order valence-electron chi connectivity index (χ1n) is 6.06. The maximum absolute atomic E-state index is 10.0. The lowest BCUT2D eigenvalue weighted by Crippen LogP contribution is -2.58. The van der Waals surface area contributed by atoms with E-state index in [1.54, 1.807) is 18.2 Å². The zero-order chi connectivity index (χ0) is 16.0. The molecule has 0 aromatic heterocycles. The lowest BCUT2D eigenvalue weighted by atomic mass is 10.00. The maximum atomic E-state index is 10.0. The molecule has 0 bridgehead atoms. The number of aliphatic hydroxyl groups is 5. The highest BCUT2D eigenvalue weighted by Crippen LogP contribution is 2.19. The highest BCUT2D eigenvalue weighted by atomic mass is 16.6. The molecular formula is C12H17NO8. The summed E-state index contributed by atoms with van der Waals surface area (Å²) < 4.78 is 4.58. The molecule has 1 aromatic carbocycles. The molecule has 1 aromatic rings. The zero-order valence-electron chi connectivity index (χ0n) is 10.9. The van der Waals surface area contributed by atoms with E-state index >= 15 is 0 Å². The van der Waals surface area contributed by atoms with Crippen LogP contribution in [0.15, 0.2) is 30.3 Å². The molecule has 21 heavy (non-hydrogen) atoms. The van der Waals surface area contributed by atoms with Gasteiger partial charge in [-0.3, -0.25) is 10.1 Å². The van der Waals surface area contributed by atoms with Crippen molar-refractivity contribution in [1.29, 1.82) is 0 Å². The first-order chi connectivity index (χ1) is 9.88. The second-order valence-corrected chi connectivity index (χ2v) is 4.31. The van der Waals surface area contributed by atoms with Crippen LogP contribution in [0.4, 0.5) is 5.69 Å². The SMILES string of the molecule is O=[N+]([O-])c1ccccc1.OC[C@H]1O[C@@H](O)[C@@H](O)[C@@H](O)[C@@H]1O. The van der Waals surface area contributed by atoms with Gasteiger partial charge in [-0.1, -0.05) is 18.2 Å². The van der Waals surface area contributed by atoms with Crippen molar-refractivity contribution >= 4 is 5.69 Å². The van der Waals surface area contributed by atoms with Gasteiger partial charge < -0.3 is 30.3 Å². The number of rotatable bonds is 2. The van der Waals surface area contributed by atoms with Crippen molar-refractivity contribution < 1.29 is 35.2 Å². The van der Waals surface area contributed by atoms with E-state index in [4.69, 9.17) is 25.5 Å². The van der Waals surface area contributed by atoms with Crippen LogP contribution in [0.1, 0.15) is 0 Å². The normalized spacial score (nSPS) is 32.0. The Labute approximate surface area is 119 Å². The van der Waals surface area contributed by atoms with E-state index in [9.17, 15) is 10.1 Å². The van der Waals surface area contributed by atoms with E-state index in [2.05, 4.69) is 4.74 Å². The molecule has 118 valence electrons. The van der Waals surface area contributed by atoms with Crippen molar-refractivity contribution in [2.75, 3.05) is 6.61 Å². The number of para-hydroxylation sites is 1. The molecule has 0 saturated carbocycles. The fourth-order valence-electron chi connectivity index (χ4n) is 1.63. The van der Waals surface area contributed by atoms with Gasteiger partial charge in [0.25, 0.3) is 5.69 Å². The largest absolute Gasteiger partial charge is 0.394 e. The second kappa shape index (κ2) is 7.98. The van der Waals surface area contributed by atoms with Crippen molar-refractivity contribution in [3.8, 4) is 0 Å².